The van der Waals surface area contributed by atoms with Crippen molar-refractivity contribution in [3.8, 4) is 0 Å². The number of nitrogens with one attached hydrogen (secondary N) is 1. The number of sulfonamides is 1. The first-order valence-corrected chi connectivity index (χ1v) is 8.44. The Bertz CT molecular complexity index is 617. The van der Waals surface area contributed by atoms with E-state index in [-0.39, 0.29) is 13.1 Å². The number of nitrogens with zero attached hydrogens (tertiary/aromatic N) is 1. The molecule has 0 amide bonds. The molecule has 0 aromatic carbocycles. The Morgan fingerprint density at radius 1 is 1.44 bits per heavy atom. The van der Waals surface area contributed by atoms with Crippen LogP contribution in [0.1, 0.15) is 15.4 Å². The van der Waals surface area contributed by atoms with Crippen LogP contribution in [0.3, 0.4) is 0 Å². The number of thiophene rings is 1. The van der Waals surface area contributed by atoms with Crippen LogP contribution in [0.5, 0.6) is 0 Å². The van der Waals surface area contributed by atoms with Crippen LogP contribution >= 0.6 is 22.7 Å². The van der Waals surface area contributed by atoms with Crippen LogP contribution in [0, 0.1) is 6.92 Å². The van der Waals surface area contributed by atoms with E-state index in [9.17, 15) is 8.42 Å². The van der Waals surface area contributed by atoms with E-state index in [0.717, 1.165) is 10.6 Å². The third kappa shape index (κ3) is 2.78. The summed E-state index contributed by atoms with van der Waals surface area (Å²) < 4.78 is 27.0. The molecule has 0 aliphatic rings. The Balaban J connectivity index is 2.22. The molecular formula is C10H13N3O2S3. The van der Waals surface area contributed by atoms with Crippen LogP contribution in [-0.2, 0) is 23.1 Å². The average Bonchev–Trinajstić information content (AvgIpc) is 2.95. The highest BCUT2D eigenvalue weighted by molar-refractivity contribution is 7.89. The lowest BCUT2D eigenvalue weighted by Gasteiger charge is -2.07. The molecule has 0 saturated heterocycles. The fourth-order valence-electron chi connectivity index (χ4n) is 1.56. The maximum absolute atomic E-state index is 12.2. The zero-order valence-electron chi connectivity index (χ0n) is 9.71. The summed E-state index contributed by atoms with van der Waals surface area (Å²) in [5.74, 6) is 0. The van der Waals surface area contributed by atoms with Gasteiger partial charge in [0.1, 0.15) is 9.90 Å². The Kier molecular flexibility index (Phi) is 4.13. The standard InChI is InChI=1S/C10H13N3O2S3/c1-7-6-17-8(4-11)10(7)18(14,15)13-5-9-12-2-3-16-9/h2-3,6,13H,4-5,11H2,1H3. The Morgan fingerprint density at radius 2 is 2.22 bits per heavy atom. The molecule has 5 nitrogen and oxygen atoms in total. The second-order valence-electron chi connectivity index (χ2n) is 3.63. The third-order valence-electron chi connectivity index (χ3n) is 2.34. The first-order valence-electron chi connectivity index (χ1n) is 5.19. The summed E-state index contributed by atoms with van der Waals surface area (Å²) in [4.78, 5) is 5.03. The fourth-order valence-corrected chi connectivity index (χ4v) is 4.89. The maximum Gasteiger partial charge on any atom is 0.242 e. The number of aromatic nitrogens is 1. The van der Waals surface area contributed by atoms with E-state index >= 15 is 0 Å². The monoisotopic (exact) mass is 303 g/mol. The molecule has 8 heteroatoms. The number of hydrogen-bond acceptors (Lipinski definition) is 6. The quantitative estimate of drug-likeness (QED) is 0.875. The van der Waals surface area contributed by atoms with Crippen LogP contribution in [0.25, 0.3) is 0 Å². The predicted molar refractivity (Wildman–Crippen MR) is 73.1 cm³/mol. The van der Waals surface area contributed by atoms with Gasteiger partial charge in [0.2, 0.25) is 10.0 Å². The summed E-state index contributed by atoms with van der Waals surface area (Å²) in [7, 11) is -3.52. The zero-order chi connectivity index (χ0) is 13.2. The van der Waals surface area contributed by atoms with Crippen molar-refractivity contribution in [1.29, 1.82) is 0 Å². The highest BCUT2D eigenvalue weighted by atomic mass is 32.2. The van der Waals surface area contributed by atoms with Gasteiger partial charge in [0.15, 0.2) is 0 Å². The van der Waals surface area contributed by atoms with Crippen LogP contribution in [0.2, 0.25) is 0 Å². The average molecular weight is 303 g/mol. The minimum atomic E-state index is -3.52. The van der Waals surface area contributed by atoms with Crippen molar-refractivity contribution in [3.05, 3.63) is 32.4 Å². The summed E-state index contributed by atoms with van der Waals surface area (Å²) in [6, 6.07) is 0. The van der Waals surface area contributed by atoms with Crippen molar-refractivity contribution >= 4 is 32.7 Å². The molecule has 0 saturated carbocycles. The van der Waals surface area contributed by atoms with E-state index in [1.165, 1.54) is 22.7 Å². The topological polar surface area (TPSA) is 85.1 Å². The first-order chi connectivity index (χ1) is 8.54. The minimum Gasteiger partial charge on any atom is -0.326 e. The van der Waals surface area contributed by atoms with Gasteiger partial charge in [0.25, 0.3) is 0 Å². The van der Waals surface area contributed by atoms with Gasteiger partial charge in [-0.3, -0.25) is 0 Å². The summed E-state index contributed by atoms with van der Waals surface area (Å²) in [5, 5.41) is 4.35. The Labute approximate surface area is 114 Å². The van der Waals surface area contributed by atoms with Gasteiger partial charge >= 0.3 is 0 Å². The van der Waals surface area contributed by atoms with Crippen molar-refractivity contribution in [1.82, 2.24) is 9.71 Å². The first kappa shape index (κ1) is 13.6. The molecule has 0 unspecified atom stereocenters. The molecule has 2 heterocycles. The van der Waals surface area contributed by atoms with E-state index in [4.69, 9.17) is 5.73 Å². The largest absolute Gasteiger partial charge is 0.326 e. The molecule has 0 aliphatic heterocycles. The number of rotatable bonds is 5. The molecule has 0 radical (unpaired) electrons. The van der Waals surface area contributed by atoms with Gasteiger partial charge < -0.3 is 5.73 Å². The molecule has 0 spiro atoms. The van der Waals surface area contributed by atoms with Gasteiger partial charge in [0.05, 0.1) is 6.54 Å². The van der Waals surface area contributed by atoms with Gasteiger partial charge in [-0.15, -0.1) is 22.7 Å². The van der Waals surface area contributed by atoms with Crippen molar-refractivity contribution in [2.75, 3.05) is 0 Å². The lowest BCUT2D eigenvalue weighted by atomic mass is 10.3. The fraction of sp³-hybridized carbons (Fsp3) is 0.300. The third-order valence-corrected chi connectivity index (χ3v) is 6.01. The molecule has 98 valence electrons. The molecule has 18 heavy (non-hydrogen) atoms. The molecule has 0 aliphatic carbocycles. The summed E-state index contributed by atoms with van der Waals surface area (Å²) >= 11 is 2.78. The Morgan fingerprint density at radius 3 is 2.83 bits per heavy atom. The van der Waals surface area contributed by atoms with Gasteiger partial charge in [0, 0.05) is 23.0 Å². The molecule has 2 aromatic rings. The molecule has 0 bridgehead atoms. The minimum absolute atomic E-state index is 0.208. The molecule has 0 atom stereocenters. The number of nitrogens with two attached hydrogens (primary N) is 1. The maximum atomic E-state index is 12.2. The smallest absolute Gasteiger partial charge is 0.242 e. The van der Waals surface area contributed by atoms with Gasteiger partial charge in [-0.1, -0.05) is 0 Å². The highest BCUT2D eigenvalue weighted by Crippen LogP contribution is 2.26. The van der Waals surface area contributed by atoms with Crippen LogP contribution in [0.4, 0.5) is 0 Å². The number of thiazole rings is 1. The van der Waals surface area contributed by atoms with E-state index in [1.807, 2.05) is 5.38 Å². The SMILES string of the molecule is Cc1csc(CN)c1S(=O)(=O)NCc1nccs1. The molecule has 2 rings (SSSR count). The van der Waals surface area contributed by atoms with E-state index in [0.29, 0.717) is 9.77 Å². The molecule has 0 fully saturated rings. The van der Waals surface area contributed by atoms with Gasteiger partial charge in [-0.2, -0.15) is 0 Å². The lowest BCUT2D eigenvalue weighted by Crippen LogP contribution is -2.24. The Hall–Kier alpha value is -0.800. The van der Waals surface area contributed by atoms with Crippen molar-refractivity contribution < 1.29 is 8.42 Å². The van der Waals surface area contributed by atoms with Crippen LogP contribution < -0.4 is 10.5 Å². The predicted octanol–water partition coefficient (Wildman–Crippen LogP) is 1.45. The zero-order valence-corrected chi connectivity index (χ0v) is 12.2. The van der Waals surface area contributed by atoms with Gasteiger partial charge in [-0.25, -0.2) is 18.1 Å². The van der Waals surface area contributed by atoms with Gasteiger partial charge in [-0.05, 0) is 17.9 Å². The van der Waals surface area contributed by atoms with E-state index in [1.54, 1.807) is 18.5 Å². The van der Waals surface area contributed by atoms with Crippen LogP contribution in [0.15, 0.2) is 21.9 Å². The molecule has 2 aromatic heterocycles. The van der Waals surface area contributed by atoms with Crippen LogP contribution in [-0.4, -0.2) is 13.4 Å². The summed E-state index contributed by atoms with van der Waals surface area (Å²) in [5.41, 5.74) is 6.29. The van der Waals surface area contributed by atoms with E-state index in [2.05, 4.69) is 9.71 Å². The van der Waals surface area contributed by atoms with Crippen molar-refractivity contribution in [2.24, 2.45) is 5.73 Å². The summed E-state index contributed by atoms with van der Waals surface area (Å²) in [6.07, 6.45) is 1.65. The number of hydrogen-bond donors (Lipinski definition) is 2. The number of aryl methyl sites for hydroxylation is 1. The second-order valence-corrected chi connectivity index (χ2v) is 7.27. The normalized spacial score (nSPS) is 11.9. The highest BCUT2D eigenvalue weighted by Gasteiger charge is 2.22. The van der Waals surface area contributed by atoms with Crippen molar-refractivity contribution in [2.45, 2.75) is 24.9 Å². The van der Waals surface area contributed by atoms with Crippen molar-refractivity contribution in [3.63, 3.8) is 0 Å². The summed E-state index contributed by atoms with van der Waals surface area (Å²) in [6.45, 7) is 2.21. The second kappa shape index (κ2) is 5.45. The van der Waals surface area contributed by atoms with E-state index < -0.39 is 10.0 Å². The molecule has 3 N–H and O–H groups in total. The molecular weight excluding hydrogens is 290 g/mol. The lowest BCUT2D eigenvalue weighted by molar-refractivity contribution is 0.580.